The molecule has 0 radical (unpaired) electrons. The fraction of sp³-hybridized carbons (Fsp3) is 0. The molecule has 120 valence electrons. The van der Waals surface area contributed by atoms with Crippen molar-refractivity contribution in [2.45, 2.75) is 0 Å². The average Bonchev–Trinajstić information content (AvgIpc) is 3.00. The molecule has 0 saturated heterocycles. The summed E-state index contributed by atoms with van der Waals surface area (Å²) in [5.41, 5.74) is 5.59. The molecule has 4 rings (SSSR count). The van der Waals surface area contributed by atoms with E-state index in [1.54, 1.807) is 12.1 Å². The van der Waals surface area contributed by atoms with Gasteiger partial charge in [-0.05, 0) is 47.0 Å². The zero-order chi connectivity index (χ0) is 17.4. The van der Waals surface area contributed by atoms with Crippen molar-refractivity contribution >= 4 is 22.6 Å². The summed E-state index contributed by atoms with van der Waals surface area (Å²) < 4.78 is 0. The fourth-order valence-corrected chi connectivity index (χ4v) is 3.25. The second-order valence-electron chi connectivity index (χ2n) is 5.69. The molecule has 0 unspecified atom stereocenters. The third-order valence-corrected chi connectivity index (χ3v) is 4.46. The minimum Gasteiger partial charge on any atom is -0.306 e. The Bertz CT molecular complexity index is 1180. The number of aromatic nitrogens is 2. The molecule has 1 aromatic heterocycles. The van der Waals surface area contributed by atoms with Crippen LogP contribution in [0.15, 0.2) is 65.5 Å². The van der Waals surface area contributed by atoms with E-state index in [4.69, 9.17) is 16.9 Å². The molecule has 0 aliphatic carbocycles. The molecule has 0 fully saturated rings. The van der Waals surface area contributed by atoms with Gasteiger partial charge in [-0.15, -0.1) is 0 Å². The van der Waals surface area contributed by atoms with Crippen LogP contribution in [0.4, 0.5) is 0 Å². The van der Waals surface area contributed by atoms with E-state index >= 15 is 0 Å². The van der Waals surface area contributed by atoms with E-state index in [-0.39, 0.29) is 5.69 Å². The van der Waals surface area contributed by atoms with Crippen LogP contribution in [-0.2, 0) is 0 Å². The van der Waals surface area contributed by atoms with Gasteiger partial charge < -0.3 is 9.97 Å². The van der Waals surface area contributed by atoms with Crippen LogP contribution < -0.4 is 5.69 Å². The fourth-order valence-electron chi connectivity index (χ4n) is 2.97. The normalized spacial score (nSPS) is 10.7. The largest absolute Gasteiger partial charge is 0.323 e. The molecular weight excluding hydrogens is 334 g/mol. The minimum atomic E-state index is -0.237. The van der Waals surface area contributed by atoms with Crippen LogP contribution in [0, 0.1) is 11.3 Å². The maximum Gasteiger partial charge on any atom is 0.323 e. The average molecular weight is 346 g/mol. The summed E-state index contributed by atoms with van der Waals surface area (Å²) in [5.74, 6) is 0. The Kier molecular flexibility index (Phi) is 3.64. The first-order valence-electron chi connectivity index (χ1n) is 7.67. The Morgan fingerprint density at radius 2 is 1.60 bits per heavy atom. The number of nitrogens with zero attached hydrogens (tertiary/aromatic N) is 1. The van der Waals surface area contributed by atoms with Crippen LogP contribution in [0.2, 0.25) is 5.02 Å². The van der Waals surface area contributed by atoms with E-state index in [1.165, 1.54) is 0 Å². The first kappa shape index (κ1) is 15.3. The van der Waals surface area contributed by atoms with E-state index in [9.17, 15) is 4.79 Å². The first-order valence-corrected chi connectivity index (χ1v) is 8.05. The number of rotatable bonds is 2. The van der Waals surface area contributed by atoms with Crippen molar-refractivity contribution in [3.05, 3.63) is 81.7 Å². The molecule has 0 aliphatic heterocycles. The molecular formula is C20H12ClN3O. The first-order chi connectivity index (χ1) is 12.2. The van der Waals surface area contributed by atoms with E-state index in [0.717, 1.165) is 33.3 Å². The van der Waals surface area contributed by atoms with Crippen molar-refractivity contribution in [1.82, 2.24) is 9.97 Å². The van der Waals surface area contributed by atoms with E-state index in [1.807, 2.05) is 48.5 Å². The predicted molar refractivity (Wildman–Crippen MR) is 99.5 cm³/mol. The maximum absolute atomic E-state index is 11.5. The van der Waals surface area contributed by atoms with Crippen LogP contribution >= 0.6 is 11.6 Å². The number of aromatic amines is 2. The van der Waals surface area contributed by atoms with Crippen molar-refractivity contribution < 1.29 is 0 Å². The van der Waals surface area contributed by atoms with Gasteiger partial charge in [-0.1, -0.05) is 41.9 Å². The molecule has 0 atom stereocenters. The summed E-state index contributed by atoms with van der Waals surface area (Å²) in [7, 11) is 0. The van der Waals surface area contributed by atoms with Gasteiger partial charge in [0.2, 0.25) is 0 Å². The number of fused-ring (bicyclic) bond motifs is 1. The highest BCUT2D eigenvalue weighted by Crippen LogP contribution is 2.38. The number of benzene rings is 3. The maximum atomic E-state index is 11.5. The van der Waals surface area contributed by atoms with Gasteiger partial charge in [0.05, 0.1) is 22.7 Å². The van der Waals surface area contributed by atoms with Gasteiger partial charge in [0, 0.05) is 10.6 Å². The highest BCUT2D eigenvalue weighted by atomic mass is 35.5. The van der Waals surface area contributed by atoms with Crippen molar-refractivity contribution in [3.63, 3.8) is 0 Å². The van der Waals surface area contributed by atoms with Crippen molar-refractivity contribution in [1.29, 1.82) is 5.26 Å². The molecule has 5 heteroatoms. The Balaban J connectivity index is 1.93. The molecule has 0 bridgehead atoms. The van der Waals surface area contributed by atoms with Gasteiger partial charge >= 0.3 is 5.69 Å². The van der Waals surface area contributed by atoms with Gasteiger partial charge in [0.1, 0.15) is 0 Å². The van der Waals surface area contributed by atoms with Crippen LogP contribution in [0.1, 0.15) is 5.56 Å². The molecule has 4 aromatic rings. The second-order valence-corrected chi connectivity index (χ2v) is 6.10. The Morgan fingerprint density at radius 3 is 2.36 bits per heavy atom. The number of hydrogen-bond donors (Lipinski definition) is 2. The van der Waals surface area contributed by atoms with Gasteiger partial charge in [-0.25, -0.2) is 4.79 Å². The standard InChI is InChI=1S/C20H12ClN3O/c21-16-3-1-2-15(13-6-4-12(11-22)5-7-13)19(16)14-8-9-17-18(10-14)24-20(25)23-17/h1-10H,(H2,23,24,25). The molecule has 1 heterocycles. The topological polar surface area (TPSA) is 72.4 Å². The number of halogens is 1. The van der Waals surface area contributed by atoms with Crippen LogP contribution in [0.25, 0.3) is 33.3 Å². The summed E-state index contributed by atoms with van der Waals surface area (Å²) in [5, 5.41) is 9.60. The Morgan fingerprint density at radius 1 is 0.880 bits per heavy atom. The van der Waals surface area contributed by atoms with E-state index < -0.39 is 0 Å². The van der Waals surface area contributed by atoms with E-state index in [2.05, 4.69) is 16.0 Å². The summed E-state index contributed by atoms with van der Waals surface area (Å²) in [6, 6.07) is 20.9. The predicted octanol–water partition coefficient (Wildman–Crippen LogP) is 4.72. The van der Waals surface area contributed by atoms with Gasteiger partial charge in [0.25, 0.3) is 0 Å². The molecule has 3 aromatic carbocycles. The second kappa shape index (κ2) is 5.97. The molecule has 0 saturated carbocycles. The van der Waals surface area contributed by atoms with Gasteiger partial charge in [-0.3, -0.25) is 0 Å². The molecule has 0 amide bonds. The summed E-state index contributed by atoms with van der Waals surface area (Å²) in [6.45, 7) is 0. The van der Waals surface area contributed by atoms with Gasteiger partial charge in [-0.2, -0.15) is 5.26 Å². The molecule has 25 heavy (non-hydrogen) atoms. The van der Waals surface area contributed by atoms with Crippen LogP contribution in [0.5, 0.6) is 0 Å². The van der Waals surface area contributed by atoms with Crippen LogP contribution in [-0.4, -0.2) is 9.97 Å². The third-order valence-electron chi connectivity index (χ3n) is 4.14. The van der Waals surface area contributed by atoms with Crippen molar-refractivity contribution in [2.75, 3.05) is 0 Å². The summed E-state index contributed by atoms with van der Waals surface area (Å²) in [6.07, 6.45) is 0. The van der Waals surface area contributed by atoms with Crippen molar-refractivity contribution in [3.8, 4) is 28.3 Å². The smallest absolute Gasteiger partial charge is 0.306 e. The summed E-state index contributed by atoms with van der Waals surface area (Å²) >= 11 is 6.50. The molecule has 0 spiro atoms. The number of hydrogen-bond acceptors (Lipinski definition) is 2. The van der Waals surface area contributed by atoms with Crippen LogP contribution in [0.3, 0.4) is 0 Å². The number of nitriles is 1. The highest BCUT2D eigenvalue weighted by molar-refractivity contribution is 6.34. The lowest BCUT2D eigenvalue weighted by atomic mass is 9.94. The Hall–Kier alpha value is -3.29. The zero-order valence-corrected chi connectivity index (χ0v) is 13.8. The van der Waals surface area contributed by atoms with Gasteiger partial charge in [0.15, 0.2) is 0 Å². The number of H-pyrrole nitrogens is 2. The number of nitrogens with one attached hydrogen (secondary N) is 2. The lowest BCUT2D eigenvalue weighted by Gasteiger charge is -2.12. The lowest BCUT2D eigenvalue weighted by molar-refractivity contribution is 1.22. The lowest BCUT2D eigenvalue weighted by Crippen LogP contribution is -1.99. The quantitative estimate of drug-likeness (QED) is 0.552. The highest BCUT2D eigenvalue weighted by Gasteiger charge is 2.12. The van der Waals surface area contributed by atoms with Crippen molar-refractivity contribution in [2.24, 2.45) is 0 Å². The minimum absolute atomic E-state index is 0.237. The summed E-state index contributed by atoms with van der Waals surface area (Å²) in [4.78, 5) is 17.0. The molecule has 2 N–H and O–H groups in total. The molecule has 0 aliphatic rings. The monoisotopic (exact) mass is 345 g/mol. The zero-order valence-electron chi connectivity index (χ0n) is 13.0. The SMILES string of the molecule is N#Cc1ccc(-c2cccc(Cl)c2-c2ccc3[nH]c(=O)[nH]c3c2)cc1. The molecule has 4 nitrogen and oxygen atoms in total. The van der Waals surface area contributed by atoms with E-state index in [0.29, 0.717) is 10.6 Å². The number of imidazole rings is 1. The Labute approximate surface area is 148 Å². The third kappa shape index (κ3) is 2.71.